The van der Waals surface area contributed by atoms with Crippen molar-refractivity contribution >= 4 is 22.8 Å². The molecule has 2 aromatic carbocycles. The Hall–Kier alpha value is -3.53. The average molecular weight is 513 g/mol. The number of anilines is 2. The van der Waals surface area contributed by atoms with E-state index in [0.717, 1.165) is 93.7 Å². The van der Waals surface area contributed by atoms with Crippen molar-refractivity contribution in [1.29, 1.82) is 0 Å². The normalized spacial score (nSPS) is 17.3. The van der Waals surface area contributed by atoms with Gasteiger partial charge in [0.15, 0.2) is 5.65 Å². The molecule has 2 aromatic heterocycles. The second-order valence-electron chi connectivity index (χ2n) is 10.3. The van der Waals surface area contributed by atoms with Crippen molar-refractivity contribution in [3.05, 3.63) is 65.7 Å². The number of aromatic nitrogens is 4. The van der Waals surface area contributed by atoms with Crippen LogP contribution < -0.4 is 10.6 Å². The third-order valence-electron chi connectivity index (χ3n) is 7.59. The number of hydrogen-bond acceptors (Lipinski definition) is 8. The van der Waals surface area contributed by atoms with Crippen LogP contribution in [0, 0.1) is 6.92 Å². The fourth-order valence-corrected chi connectivity index (χ4v) is 5.34. The van der Waals surface area contributed by atoms with Gasteiger partial charge in [0.1, 0.15) is 5.82 Å². The number of nitrogens with two attached hydrogens (primary N) is 1. The lowest BCUT2D eigenvalue weighted by Gasteiger charge is -2.36. The van der Waals surface area contributed by atoms with Gasteiger partial charge in [-0.05, 0) is 18.6 Å². The van der Waals surface area contributed by atoms with Gasteiger partial charge >= 0.3 is 0 Å². The number of hydrogen-bond donors (Lipinski definition) is 1. The maximum Gasteiger partial charge on any atom is 0.228 e. The van der Waals surface area contributed by atoms with E-state index in [9.17, 15) is 0 Å². The summed E-state index contributed by atoms with van der Waals surface area (Å²) in [5.74, 6) is 1.33. The maximum atomic E-state index is 6.69. The zero-order valence-corrected chi connectivity index (χ0v) is 22.1. The lowest BCUT2D eigenvalue weighted by atomic mass is 10.1. The lowest BCUT2D eigenvalue weighted by molar-refractivity contribution is 0.0331. The van der Waals surface area contributed by atoms with Crippen LogP contribution in [0.5, 0.6) is 0 Å². The summed E-state index contributed by atoms with van der Waals surface area (Å²) in [6.45, 7) is 12.4. The molecule has 38 heavy (non-hydrogen) atoms. The monoisotopic (exact) mass is 512 g/mol. The van der Waals surface area contributed by atoms with Crippen LogP contribution in [0.4, 0.5) is 11.8 Å². The highest BCUT2D eigenvalue weighted by Gasteiger charge is 2.24. The van der Waals surface area contributed by atoms with E-state index in [4.69, 9.17) is 25.5 Å². The van der Waals surface area contributed by atoms with Gasteiger partial charge in [-0.3, -0.25) is 9.80 Å². The van der Waals surface area contributed by atoms with Crippen molar-refractivity contribution in [2.75, 3.05) is 76.2 Å². The number of ether oxygens (including phenoxy) is 1. The molecule has 2 saturated heterocycles. The molecule has 0 spiro atoms. The summed E-state index contributed by atoms with van der Waals surface area (Å²) in [7, 11) is 0. The summed E-state index contributed by atoms with van der Waals surface area (Å²) in [5, 5.41) is 5.67. The van der Waals surface area contributed by atoms with Gasteiger partial charge in [-0.1, -0.05) is 54.1 Å². The Labute approximate surface area is 223 Å². The van der Waals surface area contributed by atoms with Crippen LogP contribution in [0.1, 0.15) is 11.1 Å². The molecule has 0 saturated carbocycles. The highest BCUT2D eigenvalue weighted by atomic mass is 16.5. The van der Waals surface area contributed by atoms with E-state index in [-0.39, 0.29) is 0 Å². The largest absolute Gasteiger partial charge is 0.383 e. The van der Waals surface area contributed by atoms with Gasteiger partial charge in [-0.15, -0.1) is 5.10 Å². The van der Waals surface area contributed by atoms with Gasteiger partial charge in [-0.2, -0.15) is 4.98 Å². The number of nitrogen functional groups attached to an aromatic ring is 1. The Morgan fingerprint density at radius 1 is 0.842 bits per heavy atom. The Bertz CT molecular complexity index is 1370. The van der Waals surface area contributed by atoms with Gasteiger partial charge in [0.05, 0.1) is 30.8 Å². The lowest BCUT2D eigenvalue weighted by Crippen LogP contribution is -2.49. The Kier molecular flexibility index (Phi) is 7.22. The number of aryl methyl sites for hydroxylation is 1. The van der Waals surface area contributed by atoms with Crippen LogP contribution in [0.15, 0.2) is 54.6 Å². The summed E-state index contributed by atoms with van der Waals surface area (Å²) in [5.41, 5.74) is 11.5. The molecule has 0 radical (unpaired) electrons. The van der Waals surface area contributed by atoms with Gasteiger partial charge in [0.25, 0.3) is 0 Å². The first-order chi connectivity index (χ1) is 18.6. The molecule has 2 aliphatic heterocycles. The minimum atomic E-state index is 0.591. The highest BCUT2D eigenvalue weighted by molar-refractivity contribution is 5.99. The molecule has 0 amide bonds. The van der Waals surface area contributed by atoms with Crippen LogP contribution in [-0.2, 0) is 11.3 Å². The topological polar surface area (TPSA) is 88.6 Å². The molecular formula is C29H36N8O. The molecule has 0 atom stereocenters. The second-order valence-corrected chi connectivity index (χ2v) is 10.3. The predicted octanol–water partition coefficient (Wildman–Crippen LogP) is 2.89. The van der Waals surface area contributed by atoms with Gasteiger partial charge in [0, 0.05) is 57.9 Å². The van der Waals surface area contributed by atoms with Crippen molar-refractivity contribution < 1.29 is 4.74 Å². The highest BCUT2D eigenvalue weighted by Crippen LogP contribution is 2.33. The number of morpholine rings is 1. The number of benzene rings is 2. The standard InChI is InChI=1S/C29H36N8O/c1-22-6-5-9-24(20-22)26-25-27(30)37(21-23-7-3-2-4-8-23)33-28(25)32-29(31-26)36-14-12-34(13-15-36)10-11-35-16-18-38-19-17-35/h2-9,20H,10-19,21,30H2,1H3. The molecule has 4 heterocycles. The molecule has 0 unspecified atom stereocenters. The molecule has 2 fully saturated rings. The number of nitrogens with zero attached hydrogens (tertiary/aromatic N) is 7. The fourth-order valence-electron chi connectivity index (χ4n) is 5.34. The summed E-state index contributed by atoms with van der Waals surface area (Å²) < 4.78 is 7.33. The van der Waals surface area contributed by atoms with Crippen LogP contribution in [0.25, 0.3) is 22.3 Å². The smallest absolute Gasteiger partial charge is 0.228 e. The molecule has 2 aliphatic rings. The molecule has 198 valence electrons. The molecule has 2 N–H and O–H groups in total. The van der Waals surface area contributed by atoms with Crippen LogP contribution in [0.3, 0.4) is 0 Å². The van der Waals surface area contributed by atoms with Crippen LogP contribution in [0.2, 0.25) is 0 Å². The fraction of sp³-hybridized carbons (Fsp3) is 0.414. The minimum Gasteiger partial charge on any atom is -0.383 e. The Balaban J connectivity index is 1.26. The Morgan fingerprint density at radius 3 is 2.32 bits per heavy atom. The third-order valence-corrected chi connectivity index (χ3v) is 7.59. The summed E-state index contributed by atoms with van der Waals surface area (Å²) in [6.07, 6.45) is 0. The Morgan fingerprint density at radius 2 is 1.58 bits per heavy atom. The molecule has 6 rings (SSSR count). The van der Waals surface area contributed by atoms with Crippen LogP contribution in [-0.4, -0.2) is 95.1 Å². The summed E-state index contributed by atoms with van der Waals surface area (Å²) in [4.78, 5) is 17.4. The summed E-state index contributed by atoms with van der Waals surface area (Å²) >= 11 is 0. The summed E-state index contributed by atoms with van der Waals surface area (Å²) in [6, 6.07) is 18.7. The first-order valence-electron chi connectivity index (χ1n) is 13.6. The van der Waals surface area contributed by atoms with E-state index >= 15 is 0 Å². The van der Waals surface area contributed by atoms with Crippen molar-refractivity contribution in [1.82, 2.24) is 29.5 Å². The van der Waals surface area contributed by atoms with Gasteiger partial charge in [0.2, 0.25) is 5.95 Å². The third kappa shape index (κ3) is 5.36. The quantitative estimate of drug-likeness (QED) is 0.405. The van der Waals surface area contributed by atoms with Gasteiger partial charge < -0.3 is 15.4 Å². The molecule has 4 aromatic rings. The first-order valence-corrected chi connectivity index (χ1v) is 13.6. The maximum absolute atomic E-state index is 6.69. The van der Waals surface area contributed by atoms with E-state index in [2.05, 4.69) is 58.0 Å². The van der Waals surface area contributed by atoms with E-state index in [1.54, 1.807) is 0 Å². The first kappa shape index (κ1) is 24.8. The molecule has 0 bridgehead atoms. The van der Waals surface area contributed by atoms with E-state index in [1.165, 1.54) is 5.56 Å². The molecule has 9 heteroatoms. The van der Waals surface area contributed by atoms with Crippen molar-refractivity contribution in [2.45, 2.75) is 13.5 Å². The van der Waals surface area contributed by atoms with E-state index < -0.39 is 0 Å². The van der Waals surface area contributed by atoms with Crippen LogP contribution >= 0.6 is 0 Å². The van der Waals surface area contributed by atoms with Crippen molar-refractivity contribution in [3.63, 3.8) is 0 Å². The molecule has 0 aliphatic carbocycles. The zero-order valence-electron chi connectivity index (χ0n) is 22.1. The number of fused-ring (bicyclic) bond motifs is 1. The van der Waals surface area contributed by atoms with Gasteiger partial charge in [-0.25, -0.2) is 9.67 Å². The molecular weight excluding hydrogens is 476 g/mol. The van der Waals surface area contributed by atoms with E-state index in [0.29, 0.717) is 18.0 Å². The molecule has 9 nitrogen and oxygen atoms in total. The predicted molar refractivity (Wildman–Crippen MR) is 151 cm³/mol. The van der Waals surface area contributed by atoms with Crippen molar-refractivity contribution in [3.8, 4) is 11.3 Å². The van der Waals surface area contributed by atoms with Crippen molar-refractivity contribution in [2.24, 2.45) is 0 Å². The zero-order chi connectivity index (χ0) is 25.9. The SMILES string of the molecule is Cc1cccc(-c2nc(N3CCN(CCN4CCOCC4)CC3)nc3nn(Cc4ccccc4)c(N)c23)c1. The number of rotatable bonds is 7. The number of piperazine rings is 1. The van der Waals surface area contributed by atoms with E-state index in [1.807, 2.05) is 22.9 Å². The second kappa shape index (κ2) is 11.1. The average Bonchev–Trinajstić information content (AvgIpc) is 3.27. The minimum absolute atomic E-state index is 0.591.